The fraction of sp³-hybridized carbons (Fsp3) is 0.0556. The minimum absolute atomic E-state index is 0.670. The number of fused-ring (bicyclic) bond motifs is 1. The van der Waals surface area contributed by atoms with Crippen LogP contribution in [0.2, 0.25) is 5.15 Å². The average molecular weight is 308 g/mol. The van der Waals surface area contributed by atoms with Crippen molar-refractivity contribution in [2.75, 3.05) is 0 Å². The highest BCUT2D eigenvalue weighted by atomic mass is 35.5. The van der Waals surface area contributed by atoms with E-state index in [1.807, 2.05) is 47.7 Å². The molecule has 22 heavy (non-hydrogen) atoms. The Morgan fingerprint density at radius 1 is 0.909 bits per heavy atom. The van der Waals surface area contributed by atoms with Crippen LogP contribution >= 0.6 is 11.6 Å². The van der Waals surface area contributed by atoms with E-state index in [9.17, 15) is 0 Å². The summed E-state index contributed by atoms with van der Waals surface area (Å²) < 4.78 is 1.98. The standard InChI is InChI=1S/C18H14ClN3/c1-12-17(19)22-16(14-10-6-3-7-11-14)15(21-18(22)20-12)13-8-4-2-5-9-13/h2-11H,1H3,(H,20,21). The number of nitrogens with one attached hydrogen (secondary N) is 1. The molecule has 0 aliphatic rings. The van der Waals surface area contributed by atoms with Crippen molar-refractivity contribution >= 4 is 17.4 Å². The molecule has 0 saturated heterocycles. The highest BCUT2D eigenvalue weighted by molar-refractivity contribution is 6.30. The number of halogens is 1. The summed E-state index contributed by atoms with van der Waals surface area (Å²) in [6.07, 6.45) is 0. The predicted octanol–water partition coefficient (Wildman–Crippen LogP) is 4.96. The molecule has 0 aliphatic carbocycles. The van der Waals surface area contributed by atoms with E-state index in [4.69, 9.17) is 16.6 Å². The number of hydrogen-bond acceptors (Lipinski definition) is 1. The lowest BCUT2D eigenvalue weighted by molar-refractivity contribution is 1.21. The van der Waals surface area contributed by atoms with Crippen LogP contribution in [-0.4, -0.2) is 14.4 Å². The van der Waals surface area contributed by atoms with Crippen LogP contribution in [0.15, 0.2) is 60.7 Å². The van der Waals surface area contributed by atoms with Crippen LogP contribution in [0.1, 0.15) is 5.69 Å². The van der Waals surface area contributed by atoms with Crippen LogP contribution in [0.25, 0.3) is 28.3 Å². The van der Waals surface area contributed by atoms with E-state index >= 15 is 0 Å². The van der Waals surface area contributed by atoms with Crippen LogP contribution in [0.5, 0.6) is 0 Å². The molecule has 0 radical (unpaired) electrons. The molecule has 4 aromatic rings. The van der Waals surface area contributed by atoms with Gasteiger partial charge in [0.2, 0.25) is 5.78 Å². The normalized spacial score (nSPS) is 11.2. The van der Waals surface area contributed by atoms with Crippen molar-refractivity contribution in [2.24, 2.45) is 0 Å². The Kier molecular flexibility index (Phi) is 3.01. The van der Waals surface area contributed by atoms with Crippen LogP contribution in [-0.2, 0) is 0 Å². The molecule has 0 bridgehead atoms. The SMILES string of the molecule is Cc1[nH]c2nc(-c3ccccc3)c(-c3ccccc3)n2c1Cl. The highest BCUT2D eigenvalue weighted by Gasteiger charge is 2.19. The van der Waals surface area contributed by atoms with Gasteiger partial charge in [0.25, 0.3) is 0 Å². The van der Waals surface area contributed by atoms with Gasteiger partial charge in [0.1, 0.15) is 5.15 Å². The molecular weight excluding hydrogens is 294 g/mol. The molecule has 0 amide bonds. The van der Waals surface area contributed by atoms with E-state index in [1.165, 1.54) is 0 Å². The summed E-state index contributed by atoms with van der Waals surface area (Å²) in [5.41, 5.74) is 5.03. The number of aromatic nitrogens is 3. The molecule has 2 heterocycles. The van der Waals surface area contributed by atoms with Crippen molar-refractivity contribution in [1.82, 2.24) is 14.4 Å². The van der Waals surface area contributed by atoms with Crippen molar-refractivity contribution in [1.29, 1.82) is 0 Å². The Balaban J connectivity index is 2.10. The van der Waals surface area contributed by atoms with Gasteiger partial charge in [-0.15, -0.1) is 0 Å². The fourth-order valence-corrected chi connectivity index (χ4v) is 2.95. The fourth-order valence-electron chi connectivity index (χ4n) is 2.74. The molecule has 0 fully saturated rings. The zero-order valence-corrected chi connectivity index (χ0v) is 12.8. The second-order valence-corrected chi connectivity index (χ2v) is 5.60. The zero-order valence-electron chi connectivity index (χ0n) is 12.0. The third-order valence-corrected chi connectivity index (χ3v) is 4.23. The number of nitrogens with zero attached hydrogens (tertiary/aromatic N) is 2. The summed E-state index contributed by atoms with van der Waals surface area (Å²) >= 11 is 6.49. The number of aryl methyl sites for hydroxylation is 1. The van der Waals surface area contributed by atoms with Gasteiger partial charge >= 0.3 is 0 Å². The Morgan fingerprint density at radius 3 is 2.14 bits per heavy atom. The van der Waals surface area contributed by atoms with Gasteiger partial charge in [0, 0.05) is 11.1 Å². The van der Waals surface area contributed by atoms with Crippen LogP contribution in [0.3, 0.4) is 0 Å². The molecule has 1 N–H and O–H groups in total. The lowest BCUT2D eigenvalue weighted by Gasteiger charge is -2.05. The van der Waals surface area contributed by atoms with Crippen molar-refractivity contribution in [2.45, 2.75) is 6.92 Å². The van der Waals surface area contributed by atoms with Gasteiger partial charge in [-0.2, -0.15) is 0 Å². The number of rotatable bonds is 2. The smallest absolute Gasteiger partial charge is 0.213 e. The van der Waals surface area contributed by atoms with Gasteiger partial charge in [-0.05, 0) is 6.92 Å². The number of H-pyrrole nitrogens is 1. The van der Waals surface area contributed by atoms with E-state index in [2.05, 4.69) is 29.2 Å². The third kappa shape index (κ3) is 1.94. The van der Waals surface area contributed by atoms with Gasteiger partial charge in [0.15, 0.2) is 0 Å². The van der Waals surface area contributed by atoms with E-state index in [0.29, 0.717) is 5.15 Å². The van der Waals surface area contributed by atoms with Crippen molar-refractivity contribution < 1.29 is 0 Å². The average Bonchev–Trinajstić information content (AvgIpc) is 3.06. The van der Waals surface area contributed by atoms with Gasteiger partial charge in [-0.3, -0.25) is 4.40 Å². The summed E-state index contributed by atoms with van der Waals surface area (Å²) in [7, 11) is 0. The molecule has 2 aromatic heterocycles. The molecule has 0 unspecified atom stereocenters. The zero-order chi connectivity index (χ0) is 15.1. The molecule has 4 heteroatoms. The van der Waals surface area contributed by atoms with Gasteiger partial charge in [-0.1, -0.05) is 72.3 Å². The minimum atomic E-state index is 0.670. The molecule has 0 atom stereocenters. The number of hydrogen-bond donors (Lipinski definition) is 1. The monoisotopic (exact) mass is 307 g/mol. The summed E-state index contributed by atoms with van der Waals surface area (Å²) in [4.78, 5) is 8.01. The molecule has 2 aromatic carbocycles. The predicted molar refractivity (Wildman–Crippen MR) is 90.2 cm³/mol. The number of aromatic amines is 1. The number of benzene rings is 2. The van der Waals surface area contributed by atoms with E-state index in [-0.39, 0.29) is 0 Å². The first-order valence-corrected chi connectivity index (χ1v) is 7.51. The van der Waals surface area contributed by atoms with Crippen molar-refractivity contribution in [3.8, 4) is 22.5 Å². The van der Waals surface area contributed by atoms with Crippen LogP contribution in [0.4, 0.5) is 0 Å². The summed E-state index contributed by atoms with van der Waals surface area (Å²) in [5, 5.41) is 0.670. The van der Waals surface area contributed by atoms with Crippen molar-refractivity contribution in [3.63, 3.8) is 0 Å². The van der Waals surface area contributed by atoms with Crippen LogP contribution < -0.4 is 0 Å². The summed E-state index contributed by atoms with van der Waals surface area (Å²) in [6.45, 7) is 1.95. The first kappa shape index (κ1) is 13.2. The van der Waals surface area contributed by atoms with Gasteiger partial charge in [0.05, 0.1) is 17.1 Å². The summed E-state index contributed by atoms with van der Waals surface area (Å²) in [6, 6.07) is 20.4. The van der Waals surface area contributed by atoms with E-state index < -0.39 is 0 Å². The molecule has 3 nitrogen and oxygen atoms in total. The van der Waals surface area contributed by atoms with Gasteiger partial charge in [-0.25, -0.2) is 4.98 Å². The summed E-state index contributed by atoms with van der Waals surface area (Å²) in [5.74, 6) is 0.764. The maximum Gasteiger partial charge on any atom is 0.213 e. The topological polar surface area (TPSA) is 33.1 Å². The lowest BCUT2D eigenvalue weighted by Crippen LogP contribution is -1.89. The second kappa shape index (κ2) is 5.04. The molecule has 4 rings (SSSR count). The maximum absolute atomic E-state index is 6.49. The molecular formula is C18H14ClN3. The molecule has 0 spiro atoms. The third-order valence-electron chi connectivity index (χ3n) is 3.78. The van der Waals surface area contributed by atoms with E-state index in [1.54, 1.807) is 0 Å². The minimum Gasteiger partial charge on any atom is -0.326 e. The first-order chi connectivity index (χ1) is 10.8. The van der Waals surface area contributed by atoms with Crippen LogP contribution in [0, 0.1) is 6.92 Å². The Labute approximate surface area is 133 Å². The van der Waals surface area contributed by atoms with Gasteiger partial charge < -0.3 is 4.98 Å². The molecule has 0 saturated carbocycles. The largest absolute Gasteiger partial charge is 0.326 e. The Bertz CT molecular complexity index is 937. The van der Waals surface area contributed by atoms with Crippen molar-refractivity contribution in [3.05, 3.63) is 71.5 Å². The molecule has 0 aliphatic heterocycles. The first-order valence-electron chi connectivity index (χ1n) is 7.13. The lowest BCUT2D eigenvalue weighted by atomic mass is 10.1. The second-order valence-electron chi connectivity index (χ2n) is 5.24. The maximum atomic E-state index is 6.49. The Hall–Kier alpha value is -2.52. The quantitative estimate of drug-likeness (QED) is 0.558. The van der Waals surface area contributed by atoms with E-state index in [0.717, 1.165) is 34.0 Å². The highest BCUT2D eigenvalue weighted by Crippen LogP contribution is 2.35. The molecule has 108 valence electrons. The number of imidazole rings is 2. The Morgan fingerprint density at radius 2 is 1.50 bits per heavy atom.